The number of hydrogen-bond donors (Lipinski definition) is 5. The number of ketones is 1. The van der Waals surface area contributed by atoms with Crippen LogP contribution in [0, 0.1) is 0 Å². The molecule has 15 nitrogen and oxygen atoms in total. The van der Waals surface area contributed by atoms with E-state index in [2.05, 4.69) is 21.3 Å². The second-order valence-electron chi connectivity index (χ2n) is 15.8. The second kappa shape index (κ2) is 35.3. The molecule has 1 fully saturated rings. The van der Waals surface area contributed by atoms with Gasteiger partial charge < -0.3 is 45.5 Å². The van der Waals surface area contributed by atoms with Crippen LogP contribution >= 0.6 is 0 Å². The molecule has 1 saturated carbocycles. The maximum atomic E-state index is 12.7. The Morgan fingerprint density at radius 1 is 0.810 bits per heavy atom. The molecule has 0 aromatic heterocycles. The van der Waals surface area contributed by atoms with Crippen LogP contribution in [0.1, 0.15) is 136 Å². The summed E-state index contributed by atoms with van der Waals surface area (Å²) >= 11 is 0. The van der Waals surface area contributed by atoms with E-state index >= 15 is 0 Å². The smallest absolute Gasteiger partial charge is 0.290 e. The number of nitrogens with zero attached hydrogens (tertiary/aromatic N) is 1. The molecule has 0 radical (unpaired) electrons. The minimum absolute atomic E-state index is 0.0417. The fraction of sp³-hybridized carbons (Fsp3) is 0.604. The monoisotopic (exact) mass is 884 g/mol. The van der Waals surface area contributed by atoms with Crippen molar-refractivity contribution < 1.29 is 48.1 Å². The van der Waals surface area contributed by atoms with Crippen LogP contribution in [-0.4, -0.2) is 110 Å². The van der Waals surface area contributed by atoms with Crippen LogP contribution in [0.4, 0.5) is 0 Å². The van der Waals surface area contributed by atoms with Gasteiger partial charge in [-0.3, -0.25) is 28.8 Å². The van der Waals surface area contributed by atoms with Crippen molar-refractivity contribution in [1.29, 1.82) is 0 Å². The quantitative estimate of drug-likeness (QED) is 0.0533. The third-order valence-electron chi connectivity index (χ3n) is 9.50. The van der Waals surface area contributed by atoms with Crippen molar-refractivity contribution in [2.24, 2.45) is 0 Å². The summed E-state index contributed by atoms with van der Waals surface area (Å²) in [6, 6.07) is 13.8. The highest BCUT2D eigenvalue weighted by Crippen LogP contribution is 2.16. The van der Waals surface area contributed by atoms with Crippen molar-refractivity contribution in [3.63, 3.8) is 0 Å². The Labute approximate surface area is 376 Å². The lowest BCUT2D eigenvalue weighted by molar-refractivity contribution is -0.140. The van der Waals surface area contributed by atoms with Gasteiger partial charge in [0.05, 0.1) is 31.3 Å². The third kappa shape index (κ3) is 29.0. The number of Topliss-reactive ketones (excluding diaryl/α,β-unsaturated/α-hetero) is 1. The molecule has 0 bridgehead atoms. The number of aldehydes is 1. The molecule has 2 unspecified atom stereocenters. The summed E-state index contributed by atoms with van der Waals surface area (Å²) in [5.74, 6) is -2.96. The molecular weight excluding hydrogens is 807 g/mol. The van der Waals surface area contributed by atoms with E-state index < -0.39 is 42.1 Å². The van der Waals surface area contributed by atoms with E-state index in [1.54, 1.807) is 69.6 Å². The Morgan fingerprint density at radius 2 is 1.43 bits per heavy atom. The van der Waals surface area contributed by atoms with Crippen molar-refractivity contribution in [3.8, 4) is 5.75 Å². The molecule has 354 valence electrons. The number of amides is 5. The number of benzene rings is 2. The lowest BCUT2D eigenvalue weighted by Gasteiger charge is -2.18. The zero-order valence-corrected chi connectivity index (χ0v) is 39.2. The molecule has 63 heavy (non-hydrogen) atoms. The minimum Gasteiger partial charge on any atom is -0.491 e. The summed E-state index contributed by atoms with van der Waals surface area (Å²) in [6.07, 6.45) is 11.9. The zero-order chi connectivity index (χ0) is 47.5. The molecule has 0 spiro atoms. The van der Waals surface area contributed by atoms with Gasteiger partial charge in [0.1, 0.15) is 24.7 Å². The van der Waals surface area contributed by atoms with Gasteiger partial charge in [0, 0.05) is 33.5 Å². The van der Waals surface area contributed by atoms with Gasteiger partial charge in [0.15, 0.2) is 0 Å². The van der Waals surface area contributed by atoms with E-state index in [-0.39, 0.29) is 56.4 Å². The molecule has 15 heteroatoms. The van der Waals surface area contributed by atoms with Crippen molar-refractivity contribution >= 4 is 41.6 Å². The Hall–Kier alpha value is -5.15. The van der Waals surface area contributed by atoms with Crippen LogP contribution in [0.15, 0.2) is 54.6 Å². The molecule has 1 aliphatic carbocycles. The predicted octanol–water partition coefficient (Wildman–Crippen LogP) is 5.56. The van der Waals surface area contributed by atoms with Crippen LogP contribution in [0.25, 0.3) is 0 Å². The molecule has 0 heterocycles. The molecule has 0 saturated heterocycles. The van der Waals surface area contributed by atoms with E-state index in [9.17, 15) is 33.6 Å². The first-order valence-electron chi connectivity index (χ1n) is 22.4. The highest BCUT2D eigenvalue weighted by Gasteiger charge is 2.27. The topological polar surface area (TPSA) is 210 Å². The van der Waals surface area contributed by atoms with Gasteiger partial charge in [-0.1, -0.05) is 108 Å². The number of aliphatic hydroxyl groups is 1. The predicted molar refractivity (Wildman–Crippen MR) is 246 cm³/mol. The molecule has 1 aliphatic rings. The number of carbonyl (C=O) groups is 7. The maximum Gasteiger partial charge on any atom is 0.290 e. The summed E-state index contributed by atoms with van der Waals surface area (Å²) in [7, 11) is 3.31. The number of unbranched alkanes of at least 4 members (excludes halogenated alkanes) is 1. The van der Waals surface area contributed by atoms with Crippen LogP contribution in [0.3, 0.4) is 0 Å². The van der Waals surface area contributed by atoms with Gasteiger partial charge in [-0.15, -0.1) is 0 Å². The van der Waals surface area contributed by atoms with Gasteiger partial charge >= 0.3 is 0 Å². The highest BCUT2D eigenvalue weighted by atomic mass is 16.5. The number of hydrogen-bond acceptors (Lipinski definition) is 10. The SMILES string of the molecule is C1CCCCC1.CC.CCCC(NC(=O)CCCCN(C)C(=O)CNC(=O)CCc1cccc(OCCO)c1)C(=O)C(=O)NCC(=O)NC(C=O)c1ccccc1.COC(C)(C)C. The Morgan fingerprint density at radius 3 is 1.98 bits per heavy atom. The van der Waals surface area contributed by atoms with Gasteiger partial charge in [-0.2, -0.15) is 0 Å². The van der Waals surface area contributed by atoms with E-state index in [1.807, 2.05) is 40.7 Å². The molecule has 5 N–H and O–H groups in total. The number of methoxy groups -OCH3 is 1. The van der Waals surface area contributed by atoms with Crippen LogP contribution in [0.5, 0.6) is 5.75 Å². The van der Waals surface area contributed by atoms with E-state index in [0.29, 0.717) is 49.8 Å². The molecule has 2 aromatic carbocycles. The lowest BCUT2D eigenvalue weighted by Crippen LogP contribution is -2.49. The van der Waals surface area contributed by atoms with Gasteiger partial charge in [-0.25, -0.2) is 0 Å². The van der Waals surface area contributed by atoms with Crippen LogP contribution < -0.4 is 26.0 Å². The number of ether oxygens (including phenoxy) is 2. The average Bonchev–Trinajstić information content (AvgIpc) is 3.30. The fourth-order valence-corrected chi connectivity index (χ4v) is 5.74. The number of nitrogens with one attached hydrogen (secondary N) is 4. The number of rotatable bonds is 23. The standard InChI is InChI=1S/C35H47N5O9.C6H12.C5H12O.C2H6/c1-3-10-28(34(47)35(48)37-22-32(45)39-29(24-42)26-12-5-4-6-13-26)38-31(44)15-7-8-18-40(2)33(46)23-36-30(43)17-16-25-11-9-14-27(21-25)49-20-19-41;1-2-4-6-5-3-1;1-5(2,3)6-4;1-2/h4-6,9,11-14,21,24,28-29,41H,3,7-8,10,15-20,22-23H2,1-2H3,(H,36,43)(H,37,48)(H,38,44)(H,39,45);1-6H2;1-4H3;1-2H3. The molecule has 0 aliphatic heterocycles. The first kappa shape index (κ1) is 57.9. The molecule has 2 atom stereocenters. The van der Waals surface area contributed by atoms with E-state index in [4.69, 9.17) is 14.6 Å². The van der Waals surface area contributed by atoms with Gasteiger partial charge in [0.25, 0.3) is 5.91 Å². The molecular formula is C48H77N5O10. The number of carbonyl (C=O) groups excluding carboxylic acids is 7. The van der Waals surface area contributed by atoms with Gasteiger partial charge in [0.2, 0.25) is 29.4 Å². The average molecular weight is 884 g/mol. The molecule has 2 aromatic rings. The van der Waals surface area contributed by atoms with Crippen molar-refractivity contribution in [2.45, 2.75) is 143 Å². The summed E-state index contributed by atoms with van der Waals surface area (Å²) in [6.45, 7) is 11.6. The Balaban J connectivity index is 0.00000234. The molecule has 3 rings (SSSR count). The number of aliphatic hydroxyl groups excluding tert-OH is 1. The summed E-state index contributed by atoms with van der Waals surface area (Å²) in [5, 5.41) is 18.8. The fourth-order valence-electron chi connectivity index (χ4n) is 5.74. The summed E-state index contributed by atoms with van der Waals surface area (Å²) in [4.78, 5) is 87.6. The molecule has 5 amide bonds. The largest absolute Gasteiger partial charge is 0.491 e. The van der Waals surface area contributed by atoms with E-state index in [0.717, 1.165) is 5.56 Å². The number of likely N-dealkylation sites (N-methyl/N-ethyl adjacent to an activating group) is 1. The first-order chi connectivity index (χ1) is 30.1. The normalized spacial score (nSPS) is 12.7. The zero-order valence-electron chi connectivity index (χ0n) is 39.2. The number of aryl methyl sites for hydroxylation is 1. The highest BCUT2D eigenvalue weighted by molar-refractivity contribution is 6.38. The Bertz CT molecular complexity index is 1600. The lowest BCUT2D eigenvalue weighted by atomic mass is 10.0. The minimum atomic E-state index is -1.07. The van der Waals surface area contributed by atoms with E-state index in [1.165, 1.54) is 43.4 Å². The second-order valence-corrected chi connectivity index (χ2v) is 15.8. The Kier molecular flexibility index (Phi) is 32.4. The van der Waals surface area contributed by atoms with Crippen molar-refractivity contribution in [2.75, 3.05) is 47.0 Å². The van der Waals surface area contributed by atoms with Crippen LogP contribution in [0.2, 0.25) is 0 Å². The maximum absolute atomic E-state index is 12.7. The third-order valence-corrected chi connectivity index (χ3v) is 9.50. The van der Waals surface area contributed by atoms with Gasteiger partial charge in [-0.05, 0) is 69.7 Å². The summed E-state index contributed by atoms with van der Waals surface area (Å²) in [5.41, 5.74) is 1.50. The summed E-state index contributed by atoms with van der Waals surface area (Å²) < 4.78 is 10.3. The van der Waals surface area contributed by atoms with Crippen molar-refractivity contribution in [1.82, 2.24) is 26.2 Å². The van der Waals surface area contributed by atoms with Crippen molar-refractivity contribution in [3.05, 3.63) is 65.7 Å². The first-order valence-corrected chi connectivity index (χ1v) is 22.4. The van der Waals surface area contributed by atoms with Crippen LogP contribution in [-0.2, 0) is 44.7 Å².